The molecule has 100 valence electrons. The number of benzene rings is 1. The Morgan fingerprint density at radius 1 is 1.26 bits per heavy atom. The lowest BCUT2D eigenvalue weighted by molar-refractivity contribution is 0.468. The molecule has 1 aliphatic rings. The molecule has 0 saturated heterocycles. The van der Waals surface area contributed by atoms with Crippen molar-refractivity contribution in [1.29, 1.82) is 0 Å². The Kier molecular flexibility index (Phi) is 3.33. The Labute approximate surface area is 114 Å². The van der Waals surface area contributed by atoms with E-state index in [0.29, 0.717) is 5.92 Å². The molecule has 1 aromatic carbocycles. The summed E-state index contributed by atoms with van der Waals surface area (Å²) in [6.45, 7) is 5.21. The van der Waals surface area contributed by atoms with Crippen LogP contribution in [0.2, 0.25) is 0 Å². The van der Waals surface area contributed by atoms with Crippen molar-refractivity contribution in [2.75, 3.05) is 5.32 Å². The van der Waals surface area contributed by atoms with Crippen molar-refractivity contribution >= 4 is 5.69 Å². The van der Waals surface area contributed by atoms with Crippen molar-refractivity contribution in [2.45, 2.75) is 39.2 Å². The summed E-state index contributed by atoms with van der Waals surface area (Å²) in [5.41, 5.74) is 2.52. The molecular formula is C17H21NO. The molecule has 1 aliphatic carbocycles. The lowest BCUT2D eigenvalue weighted by Gasteiger charge is -2.06. The van der Waals surface area contributed by atoms with E-state index in [9.17, 15) is 0 Å². The van der Waals surface area contributed by atoms with Gasteiger partial charge >= 0.3 is 0 Å². The molecule has 2 aromatic rings. The van der Waals surface area contributed by atoms with Crippen LogP contribution in [0, 0.1) is 5.92 Å². The molecule has 0 radical (unpaired) electrons. The van der Waals surface area contributed by atoms with Crippen molar-refractivity contribution in [2.24, 2.45) is 5.92 Å². The molecule has 19 heavy (non-hydrogen) atoms. The Morgan fingerprint density at radius 3 is 2.84 bits per heavy atom. The first-order valence-corrected chi connectivity index (χ1v) is 7.17. The molecule has 2 atom stereocenters. The zero-order valence-corrected chi connectivity index (χ0v) is 11.6. The maximum absolute atomic E-state index is 5.89. The van der Waals surface area contributed by atoms with Crippen LogP contribution in [0.4, 0.5) is 5.69 Å². The molecule has 1 N–H and O–H groups in total. The number of rotatable bonds is 5. The van der Waals surface area contributed by atoms with Gasteiger partial charge in [-0.15, -0.1) is 0 Å². The van der Waals surface area contributed by atoms with Crippen molar-refractivity contribution in [3.05, 3.63) is 53.5 Å². The topological polar surface area (TPSA) is 25.2 Å². The number of nitrogens with one attached hydrogen (secondary N) is 1. The highest BCUT2D eigenvalue weighted by Crippen LogP contribution is 2.47. The maximum Gasteiger partial charge on any atom is 0.123 e. The van der Waals surface area contributed by atoms with E-state index < -0.39 is 0 Å². The molecule has 1 saturated carbocycles. The molecule has 2 unspecified atom stereocenters. The largest absolute Gasteiger partial charge is 0.464 e. The monoisotopic (exact) mass is 255 g/mol. The first kappa shape index (κ1) is 12.3. The van der Waals surface area contributed by atoms with E-state index in [0.717, 1.165) is 36.1 Å². The van der Waals surface area contributed by atoms with Crippen LogP contribution in [0.25, 0.3) is 0 Å². The highest BCUT2D eigenvalue weighted by atomic mass is 16.3. The predicted molar refractivity (Wildman–Crippen MR) is 78.4 cm³/mol. The number of aryl methyl sites for hydroxylation is 1. The Hall–Kier alpha value is -1.70. The molecule has 1 fully saturated rings. The first-order valence-electron chi connectivity index (χ1n) is 7.17. The van der Waals surface area contributed by atoms with E-state index in [4.69, 9.17) is 4.42 Å². The maximum atomic E-state index is 5.89. The smallest absolute Gasteiger partial charge is 0.123 e. The van der Waals surface area contributed by atoms with Crippen LogP contribution in [0.3, 0.4) is 0 Å². The van der Waals surface area contributed by atoms with Crippen LogP contribution in [0.1, 0.15) is 43.3 Å². The van der Waals surface area contributed by atoms with Crippen molar-refractivity contribution in [3.8, 4) is 0 Å². The Morgan fingerprint density at radius 2 is 2.11 bits per heavy atom. The van der Waals surface area contributed by atoms with E-state index in [1.165, 1.54) is 12.0 Å². The zero-order valence-electron chi connectivity index (χ0n) is 11.6. The van der Waals surface area contributed by atoms with Gasteiger partial charge in [-0.1, -0.05) is 26.0 Å². The predicted octanol–water partition coefficient (Wildman–Crippen LogP) is 4.58. The number of hydrogen-bond donors (Lipinski definition) is 1. The van der Waals surface area contributed by atoms with Crippen LogP contribution >= 0.6 is 0 Å². The molecule has 0 aliphatic heterocycles. The Balaban J connectivity index is 1.60. The molecule has 0 amide bonds. The van der Waals surface area contributed by atoms with Gasteiger partial charge in [0.15, 0.2) is 0 Å². The van der Waals surface area contributed by atoms with E-state index in [1.54, 1.807) is 0 Å². The van der Waals surface area contributed by atoms with Gasteiger partial charge in [0.2, 0.25) is 0 Å². The standard InChI is InChI=1S/C17H21NO/c1-3-13-5-4-6-14(10-13)18-11-15-7-8-17(19-15)16-9-12(16)2/h4-8,10,12,16,18H,3,9,11H2,1-2H3. The first-order chi connectivity index (χ1) is 9.26. The molecule has 0 bridgehead atoms. The molecule has 1 heterocycles. The number of anilines is 1. The Bertz CT molecular complexity index is 558. The summed E-state index contributed by atoms with van der Waals surface area (Å²) >= 11 is 0. The van der Waals surface area contributed by atoms with Crippen molar-refractivity contribution < 1.29 is 4.42 Å². The molecular weight excluding hydrogens is 234 g/mol. The van der Waals surface area contributed by atoms with Crippen LogP contribution in [0.15, 0.2) is 40.8 Å². The summed E-state index contributed by atoms with van der Waals surface area (Å²) in [7, 11) is 0. The highest BCUT2D eigenvalue weighted by Gasteiger charge is 2.36. The second-order valence-corrected chi connectivity index (χ2v) is 5.53. The SMILES string of the molecule is CCc1cccc(NCc2ccc(C3CC3C)o2)c1. The van der Waals surface area contributed by atoms with Crippen LogP contribution in [-0.4, -0.2) is 0 Å². The average Bonchev–Trinajstić information content (AvgIpc) is 2.99. The van der Waals surface area contributed by atoms with Crippen LogP contribution in [-0.2, 0) is 13.0 Å². The van der Waals surface area contributed by atoms with Gasteiger partial charge < -0.3 is 9.73 Å². The van der Waals surface area contributed by atoms with Crippen molar-refractivity contribution in [3.63, 3.8) is 0 Å². The summed E-state index contributed by atoms with van der Waals surface area (Å²) in [6, 6.07) is 12.8. The summed E-state index contributed by atoms with van der Waals surface area (Å²) in [4.78, 5) is 0. The fourth-order valence-corrected chi connectivity index (χ4v) is 2.50. The van der Waals surface area contributed by atoms with Gasteiger partial charge in [-0.2, -0.15) is 0 Å². The fourth-order valence-electron chi connectivity index (χ4n) is 2.50. The van der Waals surface area contributed by atoms with Gasteiger partial charge in [-0.3, -0.25) is 0 Å². The summed E-state index contributed by atoms with van der Waals surface area (Å²) in [6.07, 6.45) is 2.35. The average molecular weight is 255 g/mol. The lowest BCUT2D eigenvalue weighted by atomic mass is 10.1. The van der Waals surface area contributed by atoms with Gasteiger partial charge in [0.1, 0.15) is 11.5 Å². The van der Waals surface area contributed by atoms with Gasteiger partial charge in [0.25, 0.3) is 0 Å². The summed E-state index contributed by atoms with van der Waals surface area (Å²) in [5, 5.41) is 3.43. The number of furan rings is 1. The third-order valence-electron chi connectivity index (χ3n) is 3.96. The third-order valence-corrected chi connectivity index (χ3v) is 3.96. The van der Waals surface area contributed by atoms with Gasteiger partial charge in [-0.25, -0.2) is 0 Å². The number of hydrogen-bond acceptors (Lipinski definition) is 2. The van der Waals surface area contributed by atoms with Crippen molar-refractivity contribution in [1.82, 2.24) is 0 Å². The molecule has 1 aromatic heterocycles. The molecule has 2 heteroatoms. The van der Waals surface area contributed by atoms with E-state index >= 15 is 0 Å². The summed E-state index contributed by atoms with van der Waals surface area (Å²) < 4.78 is 5.89. The minimum absolute atomic E-state index is 0.664. The third kappa shape index (κ3) is 2.83. The minimum Gasteiger partial charge on any atom is -0.464 e. The second kappa shape index (κ2) is 5.12. The second-order valence-electron chi connectivity index (χ2n) is 5.53. The van der Waals surface area contributed by atoms with Gasteiger partial charge in [0, 0.05) is 11.6 Å². The summed E-state index contributed by atoms with van der Waals surface area (Å²) in [5.74, 6) is 3.65. The minimum atomic E-state index is 0.664. The fraction of sp³-hybridized carbons (Fsp3) is 0.412. The van der Waals surface area contributed by atoms with E-state index in [-0.39, 0.29) is 0 Å². The van der Waals surface area contributed by atoms with E-state index in [1.807, 2.05) is 0 Å². The van der Waals surface area contributed by atoms with E-state index in [2.05, 4.69) is 55.6 Å². The van der Waals surface area contributed by atoms with Crippen LogP contribution in [0.5, 0.6) is 0 Å². The quantitative estimate of drug-likeness (QED) is 0.846. The zero-order chi connectivity index (χ0) is 13.2. The molecule has 0 spiro atoms. The van der Waals surface area contributed by atoms with Gasteiger partial charge in [-0.05, 0) is 48.6 Å². The molecule has 3 rings (SSSR count). The van der Waals surface area contributed by atoms with Crippen LogP contribution < -0.4 is 5.32 Å². The lowest BCUT2D eigenvalue weighted by Crippen LogP contribution is -1.98. The highest BCUT2D eigenvalue weighted by molar-refractivity contribution is 5.45. The molecule has 2 nitrogen and oxygen atoms in total. The van der Waals surface area contributed by atoms with Gasteiger partial charge in [0.05, 0.1) is 6.54 Å². The normalized spacial score (nSPS) is 21.4.